The summed E-state index contributed by atoms with van der Waals surface area (Å²) in [5.41, 5.74) is 0. The lowest BCUT2D eigenvalue weighted by atomic mass is 9.96. The third-order valence-corrected chi connectivity index (χ3v) is 4.24. The summed E-state index contributed by atoms with van der Waals surface area (Å²) < 4.78 is 5.15. The molecule has 22 heavy (non-hydrogen) atoms. The molecule has 0 unspecified atom stereocenters. The summed E-state index contributed by atoms with van der Waals surface area (Å²) >= 11 is 0. The van der Waals surface area contributed by atoms with Crippen LogP contribution in [0.3, 0.4) is 0 Å². The van der Waals surface area contributed by atoms with Crippen molar-refractivity contribution < 1.29 is 14.3 Å². The van der Waals surface area contributed by atoms with Crippen LogP contribution in [-0.2, 0) is 14.3 Å². The van der Waals surface area contributed by atoms with E-state index in [1.165, 1.54) is 0 Å². The maximum Gasteiger partial charge on any atom is 0.323 e. The number of nitrogens with one attached hydrogen (secondary N) is 1. The van der Waals surface area contributed by atoms with E-state index in [1.54, 1.807) is 0 Å². The molecule has 2 atom stereocenters. The number of ether oxygens (including phenoxy) is 1. The fourth-order valence-electron chi connectivity index (χ4n) is 2.70. The maximum atomic E-state index is 12.0. The van der Waals surface area contributed by atoms with Crippen LogP contribution in [-0.4, -0.2) is 55.0 Å². The molecule has 1 saturated heterocycles. The molecule has 5 nitrogen and oxygen atoms in total. The first-order valence-corrected chi connectivity index (χ1v) is 8.66. The van der Waals surface area contributed by atoms with Crippen LogP contribution in [0.15, 0.2) is 0 Å². The van der Waals surface area contributed by atoms with E-state index in [9.17, 15) is 9.59 Å². The van der Waals surface area contributed by atoms with Crippen molar-refractivity contribution >= 4 is 11.8 Å². The van der Waals surface area contributed by atoms with E-state index in [-0.39, 0.29) is 18.1 Å². The van der Waals surface area contributed by atoms with Crippen molar-refractivity contribution in [3.63, 3.8) is 0 Å². The smallest absolute Gasteiger partial charge is 0.323 e. The first-order valence-electron chi connectivity index (χ1n) is 8.66. The molecule has 1 N–H and O–H groups in total. The zero-order chi connectivity index (χ0) is 16.5. The minimum atomic E-state index is -0.267. The van der Waals surface area contributed by atoms with Gasteiger partial charge in [-0.05, 0) is 38.6 Å². The number of rotatable bonds is 11. The van der Waals surface area contributed by atoms with Crippen molar-refractivity contribution in [1.82, 2.24) is 10.2 Å². The predicted molar refractivity (Wildman–Crippen MR) is 87.8 cm³/mol. The quantitative estimate of drug-likeness (QED) is 0.591. The van der Waals surface area contributed by atoms with Crippen LogP contribution in [0, 0.1) is 5.92 Å². The second kappa shape index (κ2) is 9.95. The first kappa shape index (κ1) is 19.1. The van der Waals surface area contributed by atoms with Gasteiger partial charge >= 0.3 is 5.97 Å². The van der Waals surface area contributed by atoms with Gasteiger partial charge in [0.15, 0.2) is 0 Å². The maximum absolute atomic E-state index is 12.0. The van der Waals surface area contributed by atoms with Crippen LogP contribution in [0.2, 0.25) is 0 Å². The highest BCUT2D eigenvalue weighted by atomic mass is 16.5. The fraction of sp³-hybridized carbons (Fsp3) is 0.882. The Hall–Kier alpha value is -0.940. The molecule has 0 spiro atoms. The molecule has 5 heteroatoms. The minimum absolute atomic E-state index is 0.0727. The number of likely N-dealkylation sites (tertiary alicyclic amines) is 1. The standard InChI is InChI=1S/C17H32N2O3/c1-5-16(20)15-9-12-19(15)11-8-14(17(21)22-6-2)18-10-7-13(3)4/h13-15,18H,5-12H2,1-4H3/t14-,15+/m0/s1. The van der Waals surface area contributed by atoms with Crippen LogP contribution in [0.4, 0.5) is 0 Å². The highest BCUT2D eigenvalue weighted by Gasteiger charge is 2.33. The Morgan fingerprint density at radius 2 is 2.00 bits per heavy atom. The van der Waals surface area contributed by atoms with E-state index in [2.05, 4.69) is 24.1 Å². The van der Waals surface area contributed by atoms with Gasteiger partial charge in [0.05, 0.1) is 12.6 Å². The lowest BCUT2D eigenvalue weighted by Crippen LogP contribution is -2.53. The number of carbonyl (C=O) groups is 2. The highest BCUT2D eigenvalue weighted by molar-refractivity contribution is 5.84. The Balaban J connectivity index is 2.42. The Morgan fingerprint density at radius 1 is 1.27 bits per heavy atom. The molecule has 1 rings (SSSR count). The number of carbonyl (C=O) groups excluding carboxylic acids is 2. The lowest BCUT2D eigenvalue weighted by molar-refractivity contribution is -0.146. The molecule has 0 aliphatic carbocycles. The summed E-state index contributed by atoms with van der Waals surface area (Å²) in [6.45, 7) is 11.0. The van der Waals surface area contributed by atoms with E-state index in [1.807, 2.05) is 13.8 Å². The second-order valence-corrected chi connectivity index (χ2v) is 6.39. The third kappa shape index (κ3) is 6.05. The number of hydrogen-bond donors (Lipinski definition) is 1. The van der Waals surface area contributed by atoms with E-state index in [0.717, 1.165) is 32.5 Å². The van der Waals surface area contributed by atoms with Gasteiger partial charge in [-0.1, -0.05) is 20.8 Å². The number of Topliss-reactive ketones (excluding diaryl/α,β-unsaturated/α-hetero) is 1. The number of hydrogen-bond acceptors (Lipinski definition) is 5. The molecule has 0 saturated carbocycles. The van der Waals surface area contributed by atoms with Gasteiger partial charge in [0.2, 0.25) is 0 Å². The summed E-state index contributed by atoms with van der Waals surface area (Å²) in [5, 5.41) is 3.31. The van der Waals surface area contributed by atoms with Gasteiger partial charge in [-0.2, -0.15) is 0 Å². The number of ketones is 1. The zero-order valence-electron chi connectivity index (χ0n) is 14.6. The monoisotopic (exact) mass is 312 g/mol. The number of nitrogens with zero attached hydrogens (tertiary/aromatic N) is 1. The summed E-state index contributed by atoms with van der Waals surface area (Å²) in [7, 11) is 0. The minimum Gasteiger partial charge on any atom is -0.465 e. The average molecular weight is 312 g/mol. The summed E-state index contributed by atoms with van der Waals surface area (Å²) in [6, 6.07) is -0.194. The van der Waals surface area contributed by atoms with Crippen LogP contribution in [0.5, 0.6) is 0 Å². The Bertz CT molecular complexity index is 358. The summed E-state index contributed by atoms with van der Waals surface area (Å²) in [4.78, 5) is 26.0. The zero-order valence-corrected chi connectivity index (χ0v) is 14.6. The van der Waals surface area contributed by atoms with Gasteiger partial charge in [0.25, 0.3) is 0 Å². The highest BCUT2D eigenvalue weighted by Crippen LogP contribution is 2.20. The average Bonchev–Trinajstić information content (AvgIpc) is 2.44. The fourth-order valence-corrected chi connectivity index (χ4v) is 2.70. The molecule has 1 fully saturated rings. The molecule has 0 aromatic heterocycles. The van der Waals surface area contributed by atoms with Crippen molar-refractivity contribution in [2.45, 2.75) is 65.5 Å². The van der Waals surface area contributed by atoms with Crippen molar-refractivity contribution in [2.24, 2.45) is 5.92 Å². The van der Waals surface area contributed by atoms with Crippen molar-refractivity contribution in [1.29, 1.82) is 0 Å². The topological polar surface area (TPSA) is 58.6 Å². The Morgan fingerprint density at radius 3 is 2.50 bits per heavy atom. The van der Waals surface area contributed by atoms with Gasteiger partial charge in [-0.3, -0.25) is 14.5 Å². The van der Waals surface area contributed by atoms with Gasteiger partial charge in [-0.15, -0.1) is 0 Å². The second-order valence-electron chi connectivity index (χ2n) is 6.39. The van der Waals surface area contributed by atoms with Crippen LogP contribution < -0.4 is 5.32 Å². The third-order valence-electron chi connectivity index (χ3n) is 4.24. The van der Waals surface area contributed by atoms with Crippen molar-refractivity contribution in [3.05, 3.63) is 0 Å². The molecular weight excluding hydrogens is 280 g/mol. The van der Waals surface area contributed by atoms with E-state index in [0.29, 0.717) is 31.1 Å². The predicted octanol–water partition coefficient (Wildman–Crippen LogP) is 2.00. The van der Waals surface area contributed by atoms with E-state index >= 15 is 0 Å². The molecule has 1 aliphatic heterocycles. The molecule has 0 aromatic rings. The summed E-state index contributed by atoms with van der Waals surface area (Å²) in [6.07, 6.45) is 3.29. The van der Waals surface area contributed by atoms with E-state index in [4.69, 9.17) is 4.74 Å². The lowest BCUT2D eigenvalue weighted by Gasteiger charge is -2.40. The van der Waals surface area contributed by atoms with Crippen LogP contribution in [0.1, 0.15) is 53.4 Å². The molecule has 1 heterocycles. The first-order chi connectivity index (χ1) is 10.5. The van der Waals surface area contributed by atoms with Crippen molar-refractivity contribution in [2.75, 3.05) is 26.2 Å². The molecule has 0 amide bonds. The van der Waals surface area contributed by atoms with Crippen molar-refractivity contribution in [3.8, 4) is 0 Å². The number of esters is 1. The SMILES string of the molecule is CCOC(=O)[C@H](CCN1CC[C@@H]1C(=O)CC)NCCC(C)C. The largest absolute Gasteiger partial charge is 0.465 e. The van der Waals surface area contributed by atoms with Gasteiger partial charge in [0.1, 0.15) is 11.8 Å². The molecule has 0 bridgehead atoms. The normalized spacial score (nSPS) is 19.8. The molecular formula is C17H32N2O3. The van der Waals surface area contributed by atoms with Crippen LogP contribution in [0.25, 0.3) is 0 Å². The summed E-state index contributed by atoms with van der Waals surface area (Å²) in [5.74, 6) is 0.745. The molecule has 1 aliphatic rings. The molecule has 0 aromatic carbocycles. The van der Waals surface area contributed by atoms with Crippen LogP contribution >= 0.6 is 0 Å². The Labute approximate surface area is 134 Å². The van der Waals surface area contributed by atoms with E-state index < -0.39 is 0 Å². The molecule has 128 valence electrons. The van der Waals surface area contributed by atoms with Gasteiger partial charge in [-0.25, -0.2) is 0 Å². The van der Waals surface area contributed by atoms with Gasteiger partial charge in [0, 0.05) is 19.5 Å². The Kier molecular flexibility index (Phi) is 8.64. The molecule has 0 radical (unpaired) electrons. The van der Waals surface area contributed by atoms with Gasteiger partial charge < -0.3 is 10.1 Å².